The Labute approximate surface area is 104 Å². The predicted octanol–water partition coefficient (Wildman–Crippen LogP) is 2.43. The Kier molecular flexibility index (Phi) is 3.28. The van der Waals surface area contributed by atoms with Crippen molar-refractivity contribution in [3.8, 4) is 11.1 Å². The van der Waals surface area contributed by atoms with Crippen LogP contribution >= 0.6 is 0 Å². The van der Waals surface area contributed by atoms with Crippen LogP contribution in [0.4, 0.5) is 10.1 Å². The van der Waals surface area contributed by atoms with Gasteiger partial charge in [0.2, 0.25) is 0 Å². The fourth-order valence-electron chi connectivity index (χ4n) is 1.74. The third-order valence-corrected chi connectivity index (χ3v) is 2.65. The van der Waals surface area contributed by atoms with Gasteiger partial charge in [0.15, 0.2) is 0 Å². The van der Waals surface area contributed by atoms with Crippen LogP contribution in [0.5, 0.6) is 0 Å². The summed E-state index contributed by atoms with van der Waals surface area (Å²) in [7, 11) is 1.55. The molecule has 0 unspecified atom stereocenters. The van der Waals surface area contributed by atoms with E-state index in [1.54, 1.807) is 37.4 Å². The number of carbonyl (C=O) groups excluding carboxylic acids is 1. The first kappa shape index (κ1) is 12.1. The second-order valence-corrected chi connectivity index (χ2v) is 3.90. The molecule has 0 radical (unpaired) electrons. The van der Waals surface area contributed by atoms with Crippen LogP contribution in [0.2, 0.25) is 0 Å². The molecule has 0 aliphatic rings. The Bertz CT molecular complexity index is 596. The lowest BCUT2D eigenvalue weighted by Gasteiger charge is -2.07. The molecule has 4 heteroatoms. The number of amides is 1. The first-order chi connectivity index (χ1) is 8.61. The highest BCUT2D eigenvalue weighted by atomic mass is 19.1. The number of halogens is 1. The molecular weight excluding hydrogens is 231 g/mol. The summed E-state index contributed by atoms with van der Waals surface area (Å²) < 4.78 is 13.7. The van der Waals surface area contributed by atoms with Crippen molar-refractivity contribution < 1.29 is 9.18 Å². The SMILES string of the molecule is CNC(=O)c1cccc(-c2cc(N)ccc2F)c1. The van der Waals surface area contributed by atoms with E-state index in [1.807, 2.05) is 0 Å². The first-order valence-electron chi connectivity index (χ1n) is 5.49. The maximum Gasteiger partial charge on any atom is 0.251 e. The molecule has 0 aromatic heterocycles. The highest BCUT2D eigenvalue weighted by Crippen LogP contribution is 2.25. The van der Waals surface area contributed by atoms with Crippen LogP contribution < -0.4 is 11.1 Å². The standard InChI is InChI=1S/C14H13FN2O/c1-17-14(18)10-4-2-3-9(7-10)12-8-11(16)5-6-13(12)15/h2-8H,16H2,1H3,(H,17,18). The zero-order valence-corrected chi connectivity index (χ0v) is 9.91. The molecule has 0 fully saturated rings. The van der Waals surface area contributed by atoms with E-state index < -0.39 is 0 Å². The summed E-state index contributed by atoms with van der Waals surface area (Å²) in [5.41, 5.74) is 7.62. The largest absolute Gasteiger partial charge is 0.399 e. The second kappa shape index (κ2) is 4.87. The molecule has 2 rings (SSSR count). The Hall–Kier alpha value is -2.36. The summed E-state index contributed by atoms with van der Waals surface area (Å²) in [6.45, 7) is 0. The van der Waals surface area contributed by atoms with Crippen LogP contribution in [0.25, 0.3) is 11.1 Å². The quantitative estimate of drug-likeness (QED) is 0.797. The Morgan fingerprint density at radius 2 is 2.00 bits per heavy atom. The van der Waals surface area contributed by atoms with Gasteiger partial charge in [-0.2, -0.15) is 0 Å². The van der Waals surface area contributed by atoms with Crippen molar-refractivity contribution in [2.45, 2.75) is 0 Å². The Balaban J connectivity index is 2.51. The molecule has 1 amide bonds. The van der Waals surface area contributed by atoms with Crippen molar-refractivity contribution >= 4 is 11.6 Å². The average Bonchev–Trinajstić information content (AvgIpc) is 2.40. The summed E-state index contributed by atoms with van der Waals surface area (Å²) in [6, 6.07) is 11.1. The van der Waals surface area contributed by atoms with Crippen molar-refractivity contribution in [2.75, 3.05) is 12.8 Å². The minimum Gasteiger partial charge on any atom is -0.399 e. The highest BCUT2D eigenvalue weighted by Gasteiger charge is 2.08. The number of nitrogen functional groups attached to an aromatic ring is 1. The van der Waals surface area contributed by atoms with Crippen LogP contribution in [0, 0.1) is 5.82 Å². The smallest absolute Gasteiger partial charge is 0.251 e. The maximum atomic E-state index is 13.7. The van der Waals surface area contributed by atoms with Gasteiger partial charge in [-0.05, 0) is 35.9 Å². The molecule has 0 saturated heterocycles. The molecular formula is C14H13FN2O. The lowest BCUT2D eigenvalue weighted by atomic mass is 10.0. The number of rotatable bonds is 2. The van der Waals surface area contributed by atoms with Gasteiger partial charge >= 0.3 is 0 Å². The Morgan fingerprint density at radius 1 is 1.22 bits per heavy atom. The van der Waals surface area contributed by atoms with Crippen molar-refractivity contribution in [1.29, 1.82) is 0 Å². The molecule has 2 aromatic carbocycles. The third-order valence-electron chi connectivity index (χ3n) is 2.65. The lowest BCUT2D eigenvalue weighted by Crippen LogP contribution is -2.17. The van der Waals surface area contributed by atoms with Crippen molar-refractivity contribution in [2.24, 2.45) is 0 Å². The van der Waals surface area contributed by atoms with Crippen molar-refractivity contribution in [1.82, 2.24) is 5.32 Å². The molecule has 0 saturated carbocycles. The molecule has 3 nitrogen and oxygen atoms in total. The van der Waals surface area contributed by atoms with Crippen LogP contribution in [0.15, 0.2) is 42.5 Å². The van der Waals surface area contributed by atoms with Gasteiger partial charge in [0.1, 0.15) is 5.82 Å². The number of anilines is 1. The summed E-state index contributed by atoms with van der Waals surface area (Å²) in [4.78, 5) is 11.5. The van der Waals surface area contributed by atoms with Gasteiger partial charge in [-0.1, -0.05) is 12.1 Å². The Morgan fingerprint density at radius 3 is 2.72 bits per heavy atom. The zero-order chi connectivity index (χ0) is 13.1. The number of nitrogens with one attached hydrogen (secondary N) is 1. The normalized spacial score (nSPS) is 10.1. The van der Waals surface area contributed by atoms with Gasteiger partial charge in [-0.25, -0.2) is 4.39 Å². The summed E-state index contributed by atoms with van der Waals surface area (Å²) in [6.07, 6.45) is 0. The molecule has 0 atom stereocenters. The van der Waals surface area contributed by atoms with Gasteiger partial charge < -0.3 is 11.1 Å². The minimum absolute atomic E-state index is 0.207. The highest BCUT2D eigenvalue weighted by molar-refractivity contribution is 5.95. The van der Waals surface area contributed by atoms with E-state index >= 15 is 0 Å². The van der Waals surface area contributed by atoms with Crippen LogP contribution in [-0.4, -0.2) is 13.0 Å². The number of carbonyl (C=O) groups is 1. The molecule has 0 spiro atoms. The minimum atomic E-state index is -0.363. The summed E-state index contributed by atoms with van der Waals surface area (Å²) in [5, 5.41) is 2.53. The molecule has 2 aromatic rings. The number of benzene rings is 2. The van der Waals surface area contributed by atoms with E-state index in [0.29, 0.717) is 22.4 Å². The molecule has 0 heterocycles. The van der Waals surface area contributed by atoms with E-state index in [1.165, 1.54) is 12.1 Å². The maximum absolute atomic E-state index is 13.7. The summed E-state index contributed by atoms with van der Waals surface area (Å²) in [5.74, 6) is -0.570. The fraction of sp³-hybridized carbons (Fsp3) is 0.0714. The number of nitrogens with two attached hydrogens (primary N) is 1. The van der Waals surface area contributed by atoms with Crippen molar-refractivity contribution in [3.63, 3.8) is 0 Å². The molecule has 0 bridgehead atoms. The fourth-order valence-corrected chi connectivity index (χ4v) is 1.74. The molecule has 3 N–H and O–H groups in total. The van der Waals surface area contributed by atoms with Gasteiger partial charge in [0.25, 0.3) is 5.91 Å². The van der Waals surface area contributed by atoms with Gasteiger partial charge in [-0.3, -0.25) is 4.79 Å². The van der Waals surface area contributed by atoms with Crippen LogP contribution in [0.3, 0.4) is 0 Å². The van der Waals surface area contributed by atoms with E-state index in [9.17, 15) is 9.18 Å². The molecule has 18 heavy (non-hydrogen) atoms. The van der Waals surface area contributed by atoms with Gasteiger partial charge in [0.05, 0.1) is 0 Å². The lowest BCUT2D eigenvalue weighted by molar-refractivity contribution is 0.0963. The van der Waals surface area contributed by atoms with Gasteiger partial charge in [-0.15, -0.1) is 0 Å². The van der Waals surface area contributed by atoms with Crippen LogP contribution in [0.1, 0.15) is 10.4 Å². The van der Waals surface area contributed by atoms with Crippen LogP contribution in [-0.2, 0) is 0 Å². The first-order valence-corrected chi connectivity index (χ1v) is 5.49. The van der Waals surface area contributed by atoms with E-state index in [0.717, 1.165) is 0 Å². The summed E-state index contributed by atoms with van der Waals surface area (Å²) >= 11 is 0. The average molecular weight is 244 g/mol. The van der Waals surface area contributed by atoms with E-state index in [4.69, 9.17) is 5.73 Å². The topological polar surface area (TPSA) is 55.1 Å². The monoisotopic (exact) mass is 244 g/mol. The zero-order valence-electron chi connectivity index (χ0n) is 9.91. The molecule has 92 valence electrons. The molecule has 0 aliphatic carbocycles. The van der Waals surface area contributed by atoms with Crippen molar-refractivity contribution in [3.05, 3.63) is 53.8 Å². The number of hydrogen-bond donors (Lipinski definition) is 2. The van der Waals surface area contributed by atoms with E-state index in [2.05, 4.69) is 5.32 Å². The predicted molar refractivity (Wildman–Crippen MR) is 69.6 cm³/mol. The van der Waals surface area contributed by atoms with E-state index in [-0.39, 0.29) is 11.7 Å². The van der Waals surface area contributed by atoms with Gasteiger partial charge in [0, 0.05) is 23.9 Å². The second-order valence-electron chi connectivity index (χ2n) is 3.90. The number of hydrogen-bond acceptors (Lipinski definition) is 2. The molecule has 0 aliphatic heterocycles. The third kappa shape index (κ3) is 2.32.